The highest BCUT2D eigenvalue weighted by Crippen LogP contribution is 2.13. The Labute approximate surface area is 93.1 Å². The van der Waals surface area contributed by atoms with Gasteiger partial charge in [0.25, 0.3) is 0 Å². The van der Waals surface area contributed by atoms with Crippen LogP contribution in [0.5, 0.6) is 0 Å². The van der Waals surface area contributed by atoms with Crippen molar-refractivity contribution < 1.29 is 4.21 Å². The van der Waals surface area contributed by atoms with E-state index in [-0.39, 0.29) is 6.04 Å². The van der Waals surface area contributed by atoms with Gasteiger partial charge in [-0.05, 0) is 22.4 Å². The van der Waals surface area contributed by atoms with Crippen LogP contribution in [0.15, 0.2) is 16.9 Å². The third-order valence-corrected chi connectivity index (χ3v) is 3.91. The number of nitrogens with one attached hydrogen (secondary N) is 1. The van der Waals surface area contributed by atoms with Crippen molar-refractivity contribution in [1.29, 1.82) is 0 Å². The van der Waals surface area contributed by atoms with Gasteiger partial charge in [0.15, 0.2) is 0 Å². The number of aromatic nitrogens is 2. The zero-order valence-corrected chi connectivity index (χ0v) is 9.84. The van der Waals surface area contributed by atoms with Crippen LogP contribution in [0, 0.1) is 0 Å². The molecular formula is C8H10BrN3OS. The first kappa shape index (κ1) is 10.0. The Balaban J connectivity index is 1.97. The van der Waals surface area contributed by atoms with Crippen LogP contribution in [0.1, 0.15) is 6.42 Å². The molecule has 0 spiro atoms. The van der Waals surface area contributed by atoms with Crippen molar-refractivity contribution in [2.45, 2.75) is 12.5 Å². The summed E-state index contributed by atoms with van der Waals surface area (Å²) in [5.74, 6) is 2.10. The molecule has 2 heterocycles. The Morgan fingerprint density at radius 2 is 2.21 bits per heavy atom. The van der Waals surface area contributed by atoms with E-state index in [0.717, 1.165) is 16.6 Å². The topological polar surface area (TPSA) is 54.9 Å². The molecule has 1 aromatic heterocycles. The summed E-state index contributed by atoms with van der Waals surface area (Å²) in [5, 5.41) is 3.16. The molecule has 6 heteroatoms. The average molecular weight is 276 g/mol. The molecule has 76 valence electrons. The Morgan fingerprint density at radius 3 is 2.79 bits per heavy atom. The minimum atomic E-state index is -0.658. The lowest BCUT2D eigenvalue weighted by atomic mass is 10.3. The van der Waals surface area contributed by atoms with E-state index in [1.807, 2.05) is 0 Å². The SMILES string of the molecule is O=S1CCC(Nc2ncc(Br)cn2)C1. The van der Waals surface area contributed by atoms with E-state index in [1.54, 1.807) is 12.4 Å². The molecule has 2 unspecified atom stereocenters. The maximum absolute atomic E-state index is 11.1. The minimum Gasteiger partial charge on any atom is -0.351 e. The van der Waals surface area contributed by atoms with Gasteiger partial charge in [-0.1, -0.05) is 0 Å². The third-order valence-electron chi connectivity index (χ3n) is 2.03. The second kappa shape index (κ2) is 4.35. The van der Waals surface area contributed by atoms with E-state index < -0.39 is 10.8 Å². The minimum absolute atomic E-state index is 0.261. The third kappa shape index (κ3) is 2.51. The van der Waals surface area contributed by atoms with E-state index in [2.05, 4.69) is 31.2 Å². The second-order valence-corrected chi connectivity index (χ2v) is 5.70. The van der Waals surface area contributed by atoms with Gasteiger partial charge in [-0.2, -0.15) is 0 Å². The Hall–Kier alpha value is -0.490. The molecule has 1 saturated heterocycles. The summed E-state index contributed by atoms with van der Waals surface area (Å²) in [6.45, 7) is 0. The number of rotatable bonds is 2. The van der Waals surface area contributed by atoms with E-state index in [1.165, 1.54) is 0 Å². The van der Waals surface area contributed by atoms with Gasteiger partial charge >= 0.3 is 0 Å². The molecule has 0 aliphatic carbocycles. The van der Waals surface area contributed by atoms with Gasteiger partial charge in [0.1, 0.15) is 0 Å². The number of anilines is 1. The molecule has 1 aliphatic heterocycles. The quantitative estimate of drug-likeness (QED) is 0.881. The van der Waals surface area contributed by atoms with Crippen LogP contribution in [-0.4, -0.2) is 31.7 Å². The van der Waals surface area contributed by atoms with Gasteiger partial charge in [-0.3, -0.25) is 4.21 Å². The second-order valence-electron chi connectivity index (χ2n) is 3.17. The Bertz CT molecular complexity index is 343. The van der Waals surface area contributed by atoms with Crippen molar-refractivity contribution in [3.63, 3.8) is 0 Å². The first-order valence-electron chi connectivity index (χ1n) is 4.33. The van der Waals surface area contributed by atoms with Crippen LogP contribution in [0.3, 0.4) is 0 Å². The molecular weight excluding hydrogens is 266 g/mol. The average Bonchev–Trinajstić information content (AvgIpc) is 2.56. The standard InChI is InChI=1S/C8H10BrN3OS/c9-6-3-10-8(11-4-6)12-7-1-2-14(13)5-7/h3-4,7H,1-2,5H2,(H,10,11,12). The van der Waals surface area contributed by atoms with Crippen molar-refractivity contribution in [3.05, 3.63) is 16.9 Å². The molecule has 2 rings (SSSR count). The van der Waals surface area contributed by atoms with Gasteiger partial charge in [-0.25, -0.2) is 9.97 Å². The van der Waals surface area contributed by atoms with Crippen LogP contribution >= 0.6 is 15.9 Å². The lowest BCUT2D eigenvalue weighted by Crippen LogP contribution is -2.20. The lowest BCUT2D eigenvalue weighted by molar-refractivity contribution is 0.686. The summed E-state index contributed by atoms with van der Waals surface area (Å²) in [6.07, 6.45) is 4.33. The Kier molecular flexibility index (Phi) is 3.12. The monoisotopic (exact) mass is 275 g/mol. The van der Waals surface area contributed by atoms with Gasteiger partial charge in [0, 0.05) is 40.7 Å². The predicted octanol–water partition coefficient (Wildman–Crippen LogP) is 1.17. The molecule has 0 amide bonds. The molecule has 1 aromatic rings. The molecule has 14 heavy (non-hydrogen) atoms. The summed E-state index contributed by atoms with van der Waals surface area (Å²) in [5.41, 5.74) is 0. The van der Waals surface area contributed by atoms with Crippen molar-refractivity contribution in [2.24, 2.45) is 0 Å². The van der Waals surface area contributed by atoms with Gasteiger partial charge in [0.2, 0.25) is 5.95 Å². The normalized spacial score (nSPS) is 26.4. The van der Waals surface area contributed by atoms with E-state index in [9.17, 15) is 4.21 Å². The van der Waals surface area contributed by atoms with Crippen LogP contribution in [-0.2, 0) is 10.8 Å². The molecule has 4 nitrogen and oxygen atoms in total. The van der Waals surface area contributed by atoms with Crippen molar-refractivity contribution in [2.75, 3.05) is 16.8 Å². The van der Waals surface area contributed by atoms with Crippen molar-refractivity contribution >= 4 is 32.7 Å². The van der Waals surface area contributed by atoms with Crippen LogP contribution < -0.4 is 5.32 Å². The zero-order chi connectivity index (χ0) is 9.97. The van der Waals surface area contributed by atoms with E-state index >= 15 is 0 Å². The summed E-state index contributed by atoms with van der Waals surface area (Å²) in [6, 6.07) is 0.261. The van der Waals surface area contributed by atoms with Gasteiger partial charge < -0.3 is 5.32 Å². The van der Waals surface area contributed by atoms with Crippen molar-refractivity contribution in [3.8, 4) is 0 Å². The molecule has 0 bridgehead atoms. The summed E-state index contributed by atoms with van der Waals surface area (Å²) >= 11 is 3.27. The van der Waals surface area contributed by atoms with Gasteiger partial charge in [0.05, 0.1) is 4.47 Å². The number of halogens is 1. The zero-order valence-electron chi connectivity index (χ0n) is 7.44. The van der Waals surface area contributed by atoms with E-state index in [0.29, 0.717) is 11.7 Å². The summed E-state index contributed by atoms with van der Waals surface area (Å²) in [4.78, 5) is 8.20. The fraction of sp³-hybridized carbons (Fsp3) is 0.500. The molecule has 1 N–H and O–H groups in total. The molecule has 0 radical (unpaired) electrons. The molecule has 1 fully saturated rings. The first-order valence-corrected chi connectivity index (χ1v) is 6.61. The largest absolute Gasteiger partial charge is 0.351 e. The lowest BCUT2D eigenvalue weighted by Gasteiger charge is -2.09. The van der Waals surface area contributed by atoms with Crippen LogP contribution in [0.4, 0.5) is 5.95 Å². The number of nitrogens with zero attached hydrogens (tertiary/aromatic N) is 2. The smallest absolute Gasteiger partial charge is 0.222 e. The molecule has 0 saturated carbocycles. The number of hydrogen-bond acceptors (Lipinski definition) is 4. The molecule has 0 aromatic carbocycles. The van der Waals surface area contributed by atoms with Gasteiger partial charge in [-0.15, -0.1) is 0 Å². The molecule has 2 atom stereocenters. The van der Waals surface area contributed by atoms with E-state index in [4.69, 9.17) is 0 Å². The highest BCUT2D eigenvalue weighted by Gasteiger charge is 2.21. The van der Waals surface area contributed by atoms with Crippen LogP contribution in [0.25, 0.3) is 0 Å². The number of hydrogen-bond donors (Lipinski definition) is 1. The summed E-state index contributed by atoms with van der Waals surface area (Å²) < 4.78 is 12.0. The fourth-order valence-corrected chi connectivity index (χ4v) is 2.97. The highest BCUT2D eigenvalue weighted by atomic mass is 79.9. The maximum atomic E-state index is 11.1. The Morgan fingerprint density at radius 1 is 1.50 bits per heavy atom. The summed E-state index contributed by atoms with van der Waals surface area (Å²) in [7, 11) is -0.658. The molecule has 1 aliphatic rings. The fourth-order valence-electron chi connectivity index (χ4n) is 1.35. The van der Waals surface area contributed by atoms with Crippen LogP contribution in [0.2, 0.25) is 0 Å². The van der Waals surface area contributed by atoms with Crippen molar-refractivity contribution in [1.82, 2.24) is 9.97 Å². The maximum Gasteiger partial charge on any atom is 0.222 e. The predicted molar refractivity (Wildman–Crippen MR) is 59.6 cm³/mol. The highest BCUT2D eigenvalue weighted by molar-refractivity contribution is 9.10. The first-order chi connectivity index (χ1) is 6.74.